The Labute approximate surface area is 144 Å². The van der Waals surface area contributed by atoms with Crippen molar-refractivity contribution in [3.05, 3.63) is 77.8 Å². The Morgan fingerprint density at radius 2 is 1.96 bits per heavy atom. The Balaban J connectivity index is 1.67. The van der Waals surface area contributed by atoms with Gasteiger partial charge < -0.3 is 9.73 Å². The average Bonchev–Trinajstić information content (AvgIpc) is 3.01. The van der Waals surface area contributed by atoms with Crippen molar-refractivity contribution >= 4 is 33.3 Å². The number of carbonyl (C=O) groups is 1. The number of halogens is 1. The van der Waals surface area contributed by atoms with Gasteiger partial charge in [-0.2, -0.15) is 0 Å². The summed E-state index contributed by atoms with van der Waals surface area (Å²) in [4.78, 5) is 12.4. The van der Waals surface area contributed by atoms with Gasteiger partial charge in [-0.25, -0.2) is 4.39 Å². The summed E-state index contributed by atoms with van der Waals surface area (Å²) in [6.45, 7) is 1.85. The Morgan fingerprint density at radius 1 is 1.12 bits per heavy atom. The zero-order chi connectivity index (χ0) is 17.4. The first kappa shape index (κ1) is 15.4. The van der Waals surface area contributed by atoms with Crippen LogP contribution in [0.2, 0.25) is 0 Å². The molecule has 1 amide bonds. The van der Waals surface area contributed by atoms with Gasteiger partial charge in [0.05, 0.1) is 18.4 Å². The summed E-state index contributed by atoms with van der Waals surface area (Å²) in [5, 5.41) is 5.70. The van der Waals surface area contributed by atoms with Crippen molar-refractivity contribution in [1.82, 2.24) is 0 Å². The molecule has 25 heavy (non-hydrogen) atoms. The van der Waals surface area contributed by atoms with Crippen molar-refractivity contribution in [2.75, 3.05) is 5.32 Å². The van der Waals surface area contributed by atoms with E-state index in [1.807, 2.05) is 43.3 Å². The quantitative estimate of drug-likeness (QED) is 0.559. The summed E-state index contributed by atoms with van der Waals surface area (Å²) in [6, 6.07) is 16.5. The van der Waals surface area contributed by atoms with Crippen molar-refractivity contribution in [2.45, 2.75) is 13.3 Å². The van der Waals surface area contributed by atoms with Crippen LogP contribution in [0.4, 0.5) is 10.1 Å². The maximum Gasteiger partial charge on any atom is 0.229 e. The fraction of sp³-hybridized carbons (Fsp3) is 0.0952. The lowest BCUT2D eigenvalue weighted by Gasteiger charge is -2.07. The summed E-state index contributed by atoms with van der Waals surface area (Å²) in [7, 11) is 0. The topological polar surface area (TPSA) is 42.2 Å². The molecule has 0 aliphatic heterocycles. The second-order valence-electron chi connectivity index (χ2n) is 6.13. The lowest BCUT2D eigenvalue weighted by atomic mass is 10.0. The number of nitrogens with one attached hydrogen (secondary N) is 1. The van der Waals surface area contributed by atoms with E-state index in [-0.39, 0.29) is 18.0 Å². The van der Waals surface area contributed by atoms with Gasteiger partial charge in [0.25, 0.3) is 0 Å². The SMILES string of the molecule is Cc1ccc(F)c(NC(=O)Cc2coc3ccc4ccccc4c23)c1. The lowest BCUT2D eigenvalue weighted by molar-refractivity contribution is -0.115. The fourth-order valence-corrected chi connectivity index (χ4v) is 3.11. The van der Waals surface area contributed by atoms with E-state index in [1.54, 1.807) is 18.4 Å². The summed E-state index contributed by atoms with van der Waals surface area (Å²) < 4.78 is 19.4. The van der Waals surface area contributed by atoms with Gasteiger partial charge >= 0.3 is 0 Å². The highest BCUT2D eigenvalue weighted by Gasteiger charge is 2.14. The summed E-state index contributed by atoms with van der Waals surface area (Å²) in [5.74, 6) is -0.721. The van der Waals surface area contributed by atoms with Gasteiger partial charge in [0.2, 0.25) is 5.91 Å². The summed E-state index contributed by atoms with van der Waals surface area (Å²) in [5.41, 5.74) is 2.61. The Morgan fingerprint density at radius 3 is 2.84 bits per heavy atom. The highest BCUT2D eigenvalue weighted by atomic mass is 19.1. The molecule has 3 aromatic carbocycles. The number of furan rings is 1. The van der Waals surface area contributed by atoms with E-state index in [1.165, 1.54) is 6.07 Å². The zero-order valence-electron chi connectivity index (χ0n) is 13.7. The summed E-state index contributed by atoms with van der Waals surface area (Å²) >= 11 is 0. The fourth-order valence-electron chi connectivity index (χ4n) is 3.11. The molecule has 0 aliphatic carbocycles. The van der Waals surface area contributed by atoms with E-state index in [0.29, 0.717) is 0 Å². The maximum atomic E-state index is 13.8. The third-order valence-electron chi connectivity index (χ3n) is 4.29. The Kier molecular flexibility index (Phi) is 3.73. The van der Waals surface area contributed by atoms with Gasteiger partial charge in [-0.05, 0) is 41.5 Å². The van der Waals surface area contributed by atoms with Crippen LogP contribution in [0.1, 0.15) is 11.1 Å². The van der Waals surface area contributed by atoms with Crippen LogP contribution >= 0.6 is 0 Å². The minimum atomic E-state index is -0.443. The molecule has 4 rings (SSSR count). The first-order chi connectivity index (χ1) is 12.1. The largest absolute Gasteiger partial charge is 0.464 e. The van der Waals surface area contributed by atoms with Gasteiger partial charge in [-0.1, -0.05) is 36.4 Å². The molecule has 1 aromatic heterocycles. The molecule has 1 N–H and O–H groups in total. The molecule has 0 radical (unpaired) electrons. The van der Waals surface area contributed by atoms with Gasteiger partial charge in [0, 0.05) is 10.9 Å². The van der Waals surface area contributed by atoms with Gasteiger partial charge in [0.15, 0.2) is 0 Å². The van der Waals surface area contributed by atoms with Crippen LogP contribution in [0.15, 0.2) is 65.3 Å². The van der Waals surface area contributed by atoms with Crippen LogP contribution < -0.4 is 5.32 Å². The van der Waals surface area contributed by atoms with Crippen LogP contribution in [0, 0.1) is 12.7 Å². The van der Waals surface area contributed by atoms with E-state index in [9.17, 15) is 9.18 Å². The van der Waals surface area contributed by atoms with Crippen molar-refractivity contribution in [1.29, 1.82) is 0 Å². The molecule has 124 valence electrons. The molecule has 4 aromatic rings. The Bertz CT molecular complexity index is 1100. The van der Waals surface area contributed by atoms with Crippen molar-refractivity contribution in [2.24, 2.45) is 0 Å². The number of hydrogen-bond donors (Lipinski definition) is 1. The maximum absolute atomic E-state index is 13.8. The predicted molar refractivity (Wildman–Crippen MR) is 97.2 cm³/mol. The van der Waals surface area contributed by atoms with Crippen molar-refractivity contribution in [3.8, 4) is 0 Å². The highest BCUT2D eigenvalue weighted by Crippen LogP contribution is 2.30. The van der Waals surface area contributed by atoms with Gasteiger partial charge in [-0.3, -0.25) is 4.79 Å². The van der Waals surface area contributed by atoms with Crippen LogP contribution in [-0.4, -0.2) is 5.91 Å². The van der Waals surface area contributed by atoms with E-state index >= 15 is 0 Å². The number of rotatable bonds is 3. The molecule has 0 spiro atoms. The number of carbonyl (C=O) groups excluding carboxylic acids is 1. The van der Waals surface area contributed by atoms with Gasteiger partial charge in [0.1, 0.15) is 11.4 Å². The normalized spacial score (nSPS) is 11.1. The number of anilines is 1. The number of hydrogen-bond acceptors (Lipinski definition) is 2. The van der Waals surface area contributed by atoms with E-state index in [4.69, 9.17) is 4.42 Å². The monoisotopic (exact) mass is 333 g/mol. The van der Waals surface area contributed by atoms with Crippen LogP contribution in [-0.2, 0) is 11.2 Å². The predicted octanol–water partition coefficient (Wildman–Crippen LogP) is 5.21. The van der Waals surface area contributed by atoms with Crippen LogP contribution in [0.5, 0.6) is 0 Å². The van der Waals surface area contributed by atoms with E-state index in [0.717, 1.165) is 32.9 Å². The molecule has 1 heterocycles. The number of amides is 1. The molecule has 0 saturated heterocycles. The third-order valence-corrected chi connectivity index (χ3v) is 4.29. The van der Waals surface area contributed by atoms with Crippen LogP contribution in [0.3, 0.4) is 0 Å². The Hall–Kier alpha value is -3.14. The molecule has 0 unspecified atom stereocenters. The van der Waals surface area contributed by atoms with E-state index in [2.05, 4.69) is 5.32 Å². The van der Waals surface area contributed by atoms with Crippen molar-refractivity contribution in [3.63, 3.8) is 0 Å². The van der Waals surface area contributed by atoms with E-state index < -0.39 is 5.82 Å². The van der Waals surface area contributed by atoms with Gasteiger partial charge in [-0.15, -0.1) is 0 Å². The summed E-state index contributed by atoms with van der Waals surface area (Å²) in [6.07, 6.45) is 1.72. The molecule has 0 fully saturated rings. The molecule has 4 heteroatoms. The minimum absolute atomic E-state index is 0.119. The second-order valence-corrected chi connectivity index (χ2v) is 6.13. The highest BCUT2D eigenvalue weighted by molar-refractivity contribution is 6.09. The molecule has 0 aliphatic rings. The molecular weight excluding hydrogens is 317 g/mol. The average molecular weight is 333 g/mol. The molecule has 3 nitrogen and oxygen atoms in total. The number of aryl methyl sites for hydroxylation is 1. The lowest BCUT2D eigenvalue weighted by Crippen LogP contribution is -2.15. The van der Waals surface area contributed by atoms with Crippen molar-refractivity contribution < 1.29 is 13.6 Å². The van der Waals surface area contributed by atoms with Crippen LogP contribution in [0.25, 0.3) is 21.7 Å². The zero-order valence-corrected chi connectivity index (χ0v) is 13.7. The third kappa shape index (κ3) is 2.87. The number of fused-ring (bicyclic) bond motifs is 3. The number of benzene rings is 3. The first-order valence-electron chi connectivity index (χ1n) is 8.05. The molecule has 0 saturated carbocycles. The molecule has 0 atom stereocenters. The smallest absolute Gasteiger partial charge is 0.229 e. The first-order valence-corrected chi connectivity index (χ1v) is 8.05. The minimum Gasteiger partial charge on any atom is -0.464 e. The second kappa shape index (κ2) is 6.06. The molecular formula is C21H16FNO2. The molecule has 0 bridgehead atoms. The standard InChI is InChI=1S/C21H16FNO2/c1-13-6-8-17(22)18(10-13)23-20(24)11-15-12-25-19-9-7-14-4-2-3-5-16(14)21(15)19/h2-10,12H,11H2,1H3,(H,23,24).